The third kappa shape index (κ3) is 2.74. The van der Waals surface area contributed by atoms with Crippen LogP contribution < -0.4 is 0 Å². The van der Waals surface area contributed by atoms with Gasteiger partial charge in [-0.3, -0.25) is 9.59 Å². The average molecular weight is 258 g/mol. The fourth-order valence-electron chi connectivity index (χ4n) is 2.09. The molecule has 2 saturated heterocycles. The average Bonchev–Trinajstić information content (AvgIpc) is 2.87. The van der Waals surface area contributed by atoms with Gasteiger partial charge in [0, 0.05) is 25.3 Å². The van der Waals surface area contributed by atoms with Crippen LogP contribution in [0.2, 0.25) is 0 Å². The molecule has 96 valence electrons. The zero-order chi connectivity index (χ0) is 12.3. The minimum atomic E-state index is -0.259. The Bertz CT molecular complexity index is 305. The third-order valence-electron chi connectivity index (χ3n) is 3.11. The molecule has 0 aromatic heterocycles. The van der Waals surface area contributed by atoms with Gasteiger partial charge in [-0.25, -0.2) is 0 Å². The number of carbonyl (C=O) groups excluding carboxylic acids is 2. The number of rotatable bonds is 2. The van der Waals surface area contributed by atoms with Gasteiger partial charge >= 0.3 is 0 Å². The lowest BCUT2D eigenvalue weighted by Gasteiger charge is -2.32. The van der Waals surface area contributed by atoms with Crippen LogP contribution in [0.3, 0.4) is 0 Å². The summed E-state index contributed by atoms with van der Waals surface area (Å²) in [5.74, 6) is 1.52. The second-order valence-corrected chi connectivity index (χ2v) is 5.17. The first kappa shape index (κ1) is 12.7. The quantitative estimate of drug-likeness (QED) is 0.708. The highest BCUT2D eigenvalue weighted by Gasteiger charge is 2.36. The van der Waals surface area contributed by atoms with Gasteiger partial charge in [0.1, 0.15) is 6.04 Å². The van der Waals surface area contributed by atoms with Gasteiger partial charge in [0.05, 0.1) is 19.1 Å². The molecule has 0 saturated carbocycles. The maximum atomic E-state index is 12.3. The van der Waals surface area contributed by atoms with E-state index >= 15 is 0 Å². The Labute approximate surface area is 105 Å². The molecular weight excluding hydrogens is 240 g/mol. The molecule has 0 bridgehead atoms. The summed E-state index contributed by atoms with van der Waals surface area (Å²) in [4.78, 5) is 27.5. The number of thioether (sulfide) groups is 1. The highest BCUT2D eigenvalue weighted by molar-refractivity contribution is 7.99. The zero-order valence-corrected chi connectivity index (χ0v) is 10.9. The van der Waals surface area contributed by atoms with Gasteiger partial charge in [-0.1, -0.05) is 6.92 Å². The van der Waals surface area contributed by atoms with E-state index in [4.69, 9.17) is 4.74 Å². The van der Waals surface area contributed by atoms with Gasteiger partial charge < -0.3 is 14.5 Å². The molecular formula is C11H18N2O3S. The van der Waals surface area contributed by atoms with Crippen molar-refractivity contribution in [2.75, 3.05) is 37.9 Å². The molecule has 0 radical (unpaired) electrons. The van der Waals surface area contributed by atoms with Crippen molar-refractivity contribution in [3.8, 4) is 0 Å². The zero-order valence-electron chi connectivity index (χ0n) is 10.1. The molecule has 2 heterocycles. The normalized spacial score (nSPS) is 25.1. The first-order valence-electron chi connectivity index (χ1n) is 5.97. The van der Waals surface area contributed by atoms with Crippen molar-refractivity contribution < 1.29 is 14.3 Å². The van der Waals surface area contributed by atoms with Gasteiger partial charge in [-0.15, -0.1) is 11.8 Å². The summed E-state index contributed by atoms with van der Waals surface area (Å²) in [7, 11) is 0. The van der Waals surface area contributed by atoms with Gasteiger partial charge in [-0.05, 0) is 0 Å². The van der Waals surface area contributed by atoms with Crippen LogP contribution in [0, 0.1) is 0 Å². The van der Waals surface area contributed by atoms with Crippen LogP contribution in [0.5, 0.6) is 0 Å². The smallest absolute Gasteiger partial charge is 0.246 e. The van der Waals surface area contributed by atoms with Crippen LogP contribution in [0.25, 0.3) is 0 Å². The second-order valence-electron chi connectivity index (χ2n) is 4.17. The van der Waals surface area contributed by atoms with Crippen molar-refractivity contribution in [1.82, 2.24) is 9.80 Å². The van der Waals surface area contributed by atoms with E-state index in [-0.39, 0.29) is 17.9 Å². The van der Waals surface area contributed by atoms with Crippen LogP contribution in [0.4, 0.5) is 0 Å². The summed E-state index contributed by atoms with van der Waals surface area (Å²) in [6.07, 6.45) is 0.466. The van der Waals surface area contributed by atoms with E-state index in [1.54, 1.807) is 16.7 Å². The molecule has 2 aliphatic rings. The molecule has 17 heavy (non-hydrogen) atoms. The maximum absolute atomic E-state index is 12.3. The molecule has 0 spiro atoms. The Kier molecular flexibility index (Phi) is 4.28. The van der Waals surface area contributed by atoms with Crippen molar-refractivity contribution in [1.29, 1.82) is 0 Å². The number of hydrogen-bond acceptors (Lipinski definition) is 4. The van der Waals surface area contributed by atoms with E-state index in [9.17, 15) is 9.59 Å². The predicted octanol–water partition coefficient (Wildman–Crippen LogP) is 0.157. The number of amides is 2. The van der Waals surface area contributed by atoms with Crippen LogP contribution in [-0.4, -0.2) is 65.6 Å². The number of carbonyl (C=O) groups is 2. The number of hydrogen-bond donors (Lipinski definition) is 0. The first-order valence-corrected chi connectivity index (χ1v) is 7.13. The lowest BCUT2D eigenvalue weighted by atomic mass is 10.2. The van der Waals surface area contributed by atoms with Gasteiger partial charge in [0.15, 0.2) is 0 Å². The van der Waals surface area contributed by atoms with Crippen molar-refractivity contribution in [3.63, 3.8) is 0 Å². The fourth-order valence-corrected chi connectivity index (χ4v) is 3.26. The highest BCUT2D eigenvalue weighted by Crippen LogP contribution is 2.23. The third-order valence-corrected chi connectivity index (χ3v) is 4.13. The van der Waals surface area contributed by atoms with E-state index in [0.717, 1.165) is 5.75 Å². The molecule has 0 aromatic carbocycles. The van der Waals surface area contributed by atoms with E-state index in [1.807, 2.05) is 11.8 Å². The van der Waals surface area contributed by atoms with Crippen LogP contribution >= 0.6 is 11.8 Å². The molecule has 2 rings (SSSR count). The highest BCUT2D eigenvalue weighted by atomic mass is 32.2. The standard InChI is InChI=1S/C11H18N2O3S/c1-2-10(14)13-8-17-7-9(13)11(15)12-3-5-16-6-4-12/h9H,2-8H2,1H3. The molecule has 6 heteroatoms. The number of morpholine rings is 1. The van der Waals surface area contributed by atoms with Crippen molar-refractivity contribution in [3.05, 3.63) is 0 Å². The SMILES string of the molecule is CCC(=O)N1CSCC1C(=O)N1CCOCC1. The van der Waals surface area contributed by atoms with Gasteiger partial charge in [-0.2, -0.15) is 0 Å². The van der Waals surface area contributed by atoms with E-state index in [0.29, 0.717) is 38.6 Å². The molecule has 2 aliphatic heterocycles. The first-order chi connectivity index (χ1) is 8.24. The molecule has 2 amide bonds. The summed E-state index contributed by atoms with van der Waals surface area (Å²) in [6.45, 7) is 4.34. The topological polar surface area (TPSA) is 49.9 Å². The van der Waals surface area contributed by atoms with Crippen molar-refractivity contribution >= 4 is 23.6 Å². The molecule has 2 fully saturated rings. The lowest BCUT2D eigenvalue weighted by molar-refractivity contribution is -0.145. The van der Waals surface area contributed by atoms with E-state index < -0.39 is 0 Å². The Balaban J connectivity index is 1.99. The molecule has 1 atom stereocenters. The second kappa shape index (κ2) is 5.73. The van der Waals surface area contributed by atoms with E-state index in [1.165, 1.54) is 0 Å². The maximum Gasteiger partial charge on any atom is 0.246 e. The number of ether oxygens (including phenoxy) is 1. The summed E-state index contributed by atoms with van der Waals surface area (Å²) in [6, 6.07) is -0.259. The minimum Gasteiger partial charge on any atom is -0.378 e. The Morgan fingerprint density at radius 2 is 2.06 bits per heavy atom. The van der Waals surface area contributed by atoms with Crippen LogP contribution in [-0.2, 0) is 14.3 Å². The predicted molar refractivity (Wildman–Crippen MR) is 65.6 cm³/mol. The molecule has 1 unspecified atom stereocenters. The summed E-state index contributed by atoms with van der Waals surface area (Å²) in [5.41, 5.74) is 0. The van der Waals surface area contributed by atoms with E-state index in [2.05, 4.69) is 0 Å². The summed E-state index contributed by atoms with van der Waals surface area (Å²) in [5, 5.41) is 0. The Morgan fingerprint density at radius 1 is 1.35 bits per heavy atom. The molecule has 0 N–H and O–H groups in total. The van der Waals surface area contributed by atoms with Gasteiger partial charge in [0.25, 0.3) is 0 Å². The largest absolute Gasteiger partial charge is 0.378 e. The summed E-state index contributed by atoms with van der Waals surface area (Å²) >= 11 is 1.65. The fraction of sp³-hybridized carbons (Fsp3) is 0.818. The monoisotopic (exact) mass is 258 g/mol. The van der Waals surface area contributed by atoms with Crippen LogP contribution in [0.1, 0.15) is 13.3 Å². The Morgan fingerprint density at radius 3 is 2.71 bits per heavy atom. The minimum absolute atomic E-state index is 0.0709. The molecule has 0 aliphatic carbocycles. The molecule has 5 nitrogen and oxygen atoms in total. The molecule has 0 aromatic rings. The summed E-state index contributed by atoms with van der Waals surface area (Å²) < 4.78 is 5.23. The Hall–Kier alpha value is -0.750. The number of nitrogens with zero attached hydrogens (tertiary/aromatic N) is 2. The lowest BCUT2D eigenvalue weighted by Crippen LogP contribution is -2.51. The van der Waals surface area contributed by atoms with Crippen LogP contribution in [0.15, 0.2) is 0 Å². The van der Waals surface area contributed by atoms with Gasteiger partial charge in [0.2, 0.25) is 11.8 Å². The van der Waals surface area contributed by atoms with Crippen molar-refractivity contribution in [2.45, 2.75) is 19.4 Å². The van der Waals surface area contributed by atoms with Crippen molar-refractivity contribution in [2.24, 2.45) is 0 Å².